The largest absolute Gasteiger partial charge is 0.395 e. The molecular weight excluding hydrogens is 216 g/mol. The molecule has 4 nitrogen and oxygen atoms in total. The molecule has 84 valence electrons. The molecule has 0 radical (unpaired) electrons. The van der Waals surface area contributed by atoms with Crippen LogP contribution >= 0.6 is 0 Å². The number of rotatable bonds is 3. The molecule has 0 saturated carbocycles. The maximum Gasteiger partial charge on any atom is 0.155 e. The topological polar surface area (TPSA) is 64.1 Å². The number of hydrogen-bond donors (Lipinski definition) is 2. The minimum Gasteiger partial charge on any atom is -0.395 e. The zero-order valence-electron chi connectivity index (χ0n) is 8.21. The highest BCUT2D eigenvalue weighted by Crippen LogP contribution is 2.23. The van der Waals surface area contributed by atoms with Crippen molar-refractivity contribution in [3.05, 3.63) is 41.8 Å². The lowest BCUT2D eigenvalue weighted by Gasteiger charge is -2.08. The summed E-state index contributed by atoms with van der Waals surface area (Å²) in [4.78, 5) is 0. The second-order valence-corrected chi connectivity index (χ2v) is 3.18. The van der Waals surface area contributed by atoms with E-state index in [1.165, 1.54) is 6.20 Å². The predicted molar refractivity (Wildman–Crippen MR) is 54.6 cm³/mol. The Morgan fingerprint density at radius 1 is 1.38 bits per heavy atom. The lowest BCUT2D eigenvalue weighted by molar-refractivity contribution is 0.388. The molecule has 6 heteroatoms. The van der Waals surface area contributed by atoms with Crippen molar-refractivity contribution in [3.63, 3.8) is 0 Å². The van der Waals surface area contributed by atoms with Gasteiger partial charge in [0, 0.05) is 12.1 Å². The molecule has 3 N–H and O–H groups in total. The van der Waals surface area contributed by atoms with Crippen LogP contribution in [0.4, 0.5) is 20.2 Å². The Balaban J connectivity index is 2.15. The quantitative estimate of drug-likeness (QED) is 0.785. The predicted octanol–water partition coefficient (Wildman–Crippen LogP) is 2.15. The van der Waals surface area contributed by atoms with Gasteiger partial charge in [-0.1, -0.05) is 5.16 Å². The fraction of sp³-hybridized carbons (Fsp3) is 0.100. The van der Waals surface area contributed by atoms with Gasteiger partial charge in [0.1, 0.15) is 5.82 Å². The summed E-state index contributed by atoms with van der Waals surface area (Å²) in [5, 5.41) is 6.26. The van der Waals surface area contributed by atoms with Gasteiger partial charge in [-0.25, -0.2) is 8.78 Å². The van der Waals surface area contributed by atoms with Crippen molar-refractivity contribution in [2.45, 2.75) is 6.54 Å². The Hall–Kier alpha value is -2.11. The van der Waals surface area contributed by atoms with E-state index in [4.69, 9.17) is 10.3 Å². The smallest absolute Gasteiger partial charge is 0.155 e. The van der Waals surface area contributed by atoms with Gasteiger partial charge in [-0.3, -0.25) is 0 Å². The van der Waals surface area contributed by atoms with Crippen LogP contribution in [0.3, 0.4) is 0 Å². The maximum atomic E-state index is 13.1. The summed E-state index contributed by atoms with van der Waals surface area (Å²) in [6.07, 6.45) is 1.48. The van der Waals surface area contributed by atoms with E-state index in [0.29, 0.717) is 5.76 Å². The number of nitrogen functional groups attached to an aromatic ring is 1. The summed E-state index contributed by atoms with van der Waals surface area (Å²) >= 11 is 0. The fourth-order valence-corrected chi connectivity index (χ4v) is 1.25. The number of nitrogens with one attached hydrogen (secondary N) is 1. The Bertz CT molecular complexity index is 485. The summed E-state index contributed by atoms with van der Waals surface area (Å²) < 4.78 is 30.8. The number of nitrogens with zero attached hydrogens (tertiary/aromatic N) is 1. The standard InChI is InChI=1S/C10H9F2N3O/c11-6-3-8(12)10(13)9(4-6)14-5-7-1-2-15-16-7/h1-4,14H,5,13H2. The third kappa shape index (κ3) is 2.10. The van der Waals surface area contributed by atoms with Crippen molar-refractivity contribution in [1.29, 1.82) is 0 Å². The van der Waals surface area contributed by atoms with Crippen LogP contribution in [-0.4, -0.2) is 5.16 Å². The van der Waals surface area contributed by atoms with E-state index in [-0.39, 0.29) is 17.9 Å². The highest BCUT2D eigenvalue weighted by molar-refractivity contribution is 5.66. The number of hydrogen-bond acceptors (Lipinski definition) is 4. The van der Waals surface area contributed by atoms with Crippen molar-refractivity contribution in [3.8, 4) is 0 Å². The van der Waals surface area contributed by atoms with Gasteiger partial charge in [-0.2, -0.15) is 0 Å². The maximum absolute atomic E-state index is 13.1. The minimum absolute atomic E-state index is 0.124. The van der Waals surface area contributed by atoms with Crippen LogP contribution in [0.2, 0.25) is 0 Å². The first-order valence-corrected chi connectivity index (χ1v) is 4.55. The van der Waals surface area contributed by atoms with E-state index in [9.17, 15) is 8.78 Å². The van der Waals surface area contributed by atoms with Crippen molar-refractivity contribution in [2.75, 3.05) is 11.1 Å². The number of nitrogens with two attached hydrogens (primary N) is 1. The summed E-state index contributed by atoms with van der Waals surface area (Å²) in [5.41, 5.74) is 5.51. The highest BCUT2D eigenvalue weighted by Gasteiger charge is 2.08. The lowest BCUT2D eigenvalue weighted by Crippen LogP contribution is -2.04. The fourth-order valence-electron chi connectivity index (χ4n) is 1.25. The van der Waals surface area contributed by atoms with Crippen LogP contribution in [-0.2, 0) is 6.54 Å². The molecule has 0 aliphatic rings. The van der Waals surface area contributed by atoms with Gasteiger partial charge in [0.05, 0.1) is 24.1 Å². The molecule has 1 aromatic heterocycles. The Morgan fingerprint density at radius 2 is 2.19 bits per heavy atom. The van der Waals surface area contributed by atoms with Gasteiger partial charge in [-0.05, 0) is 6.07 Å². The van der Waals surface area contributed by atoms with Crippen LogP contribution in [0.5, 0.6) is 0 Å². The average molecular weight is 225 g/mol. The van der Waals surface area contributed by atoms with Gasteiger partial charge < -0.3 is 15.6 Å². The van der Waals surface area contributed by atoms with Crippen LogP contribution < -0.4 is 11.1 Å². The van der Waals surface area contributed by atoms with Crippen molar-refractivity contribution in [2.24, 2.45) is 0 Å². The lowest BCUT2D eigenvalue weighted by atomic mass is 10.2. The molecule has 1 heterocycles. The SMILES string of the molecule is Nc1c(F)cc(F)cc1NCc1ccno1. The minimum atomic E-state index is -0.792. The van der Waals surface area contributed by atoms with Gasteiger partial charge in [-0.15, -0.1) is 0 Å². The van der Waals surface area contributed by atoms with Crippen molar-refractivity contribution < 1.29 is 13.3 Å². The normalized spacial score (nSPS) is 10.4. The molecule has 0 saturated heterocycles. The van der Waals surface area contributed by atoms with E-state index < -0.39 is 11.6 Å². The highest BCUT2D eigenvalue weighted by atomic mass is 19.1. The molecular formula is C10H9F2N3O. The molecule has 0 aliphatic heterocycles. The van der Waals surface area contributed by atoms with Gasteiger partial charge >= 0.3 is 0 Å². The number of aromatic nitrogens is 1. The number of anilines is 2. The summed E-state index contributed by atoms with van der Waals surface area (Å²) in [6, 6.07) is 3.49. The molecule has 0 atom stereocenters. The summed E-state index contributed by atoms with van der Waals surface area (Å²) in [5.74, 6) is -0.934. The van der Waals surface area contributed by atoms with Gasteiger partial charge in [0.15, 0.2) is 11.6 Å². The van der Waals surface area contributed by atoms with Crippen LogP contribution in [0, 0.1) is 11.6 Å². The second kappa shape index (κ2) is 4.18. The molecule has 2 aromatic rings. The first-order valence-electron chi connectivity index (χ1n) is 4.55. The Kier molecular flexibility index (Phi) is 2.72. The van der Waals surface area contributed by atoms with Crippen LogP contribution in [0.1, 0.15) is 5.76 Å². The van der Waals surface area contributed by atoms with E-state index in [1.807, 2.05) is 0 Å². The van der Waals surface area contributed by atoms with E-state index in [0.717, 1.165) is 12.1 Å². The number of benzene rings is 1. The second-order valence-electron chi connectivity index (χ2n) is 3.18. The van der Waals surface area contributed by atoms with Crippen LogP contribution in [0.15, 0.2) is 28.9 Å². The molecule has 0 amide bonds. The summed E-state index contributed by atoms with van der Waals surface area (Å²) in [6.45, 7) is 0.257. The van der Waals surface area contributed by atoms with Gasteiger partial charge in [0.25, 0.3) is 0 Å². The molecule has 2 rings (SSSR count). The third-order valence-electron chi connectivity index (χ3n) is 2.04. The zero-order chi connectivity index (χ0) is 11.5. The van der Waals surface area contributed by atoms with Crippen LogP contribution in [0.25, 0.3) is 0 Å². The monoisotopic (exact) mass is 225 g/mol. The van der Waals surface area contributed by atoms with E-state index in [2.05, 4.69) is 10.5 Å². The van der Waals surface area contributed by atoms with Crippen molar-refractivity contribution >= 4 is 11.4 Å². The van der Waals surface area contributed by atoms with Gasteiger partial charge in [0.2, 0.25) is 0 Å². The molecule has 0 spiro atoms. The van der Waals surface area contributed by atoms with E-state index in [1.54, 1.807) is 6.07 Å². The third-order valence-corrected chi connectivity index (χ3v) is 2.04. The molecule has 0 unspecified atom stereocenters. The Morgan fingerprint density at radius 3 is 2.88 bits per heavy atom. The molecule has 0 bridgehead atoms. The zero-order valence-corrected chi connectivity index (χ0v) is 8.21. The molecule has 16 heavy (non-hydrogen) atoms. The first kappa shape index (κ1) is 10.4. The average Bonchev–Trinajstić information content (AvgIpc) is 2.74. The summed E-state index contributed by atoms with van der Waals surface area (Å²) in [7, 11) is 0. The van der Waals surface area contributed by atoms with E-state index >= 15 is 0 Å². The first-order chi connectivity index (χ1) is 7.66. The molecule has 0 fully saturated rings. The Labute approximate surface area is 90.0 Å². The number of halogens is 2. The molecule has 0 aliphatic carbocycles. The molecule has 1 aromatic carbocycles. The van der Waals surface area contributed by atoms with Crippen molar-refractivity contribution in [1.82, 2.24) is 5.16 Å².